The van der Waals surface area contributed by atoms with Gasteiger partial charge in [-0.15, -0.1) is 11.8 Å². The van der Waals surface area contributed by atoms with Crippen LogP contribution in [0.3, 0.4) is 0 Å². The van der Waals surface area contributed by atoms with Gasteiger partial charge in [-0.3, -0.25) is 9.69 Å². The first-order valence-electron chi connectivity index (χ1n) is 8.74. The third-order valence-electron chi connectivity index (χ3n) is 5.34. The molecule has 1 N–H and O–H groups in total. The monoisotopic (exact) mass is 348 g/mol. The number of para-hydroxylation sites is 1. The summed E-state index contributed by atoms with van der Waals surface area (Å²) in [6, 6.07) is 8.12. The van der Waals surface area contributed by atoms with E-state index in [0.717, 1.165) is 44.0 Å². The van der Waals surface area contributed by atoms with Crippen LogP contribution in [0.4, 0.5) is 5.69 Å². The fraction of sp³-hybridized carbons (Fsp3) is 0.611. The predicted molar refractivity (Wildman–Crippen MR) is 94.5 cm³/mol. The van der Waals surface area contributed by atoms with Crippen molar-refractivity contribution in [2.75, 3.05) is 43.4 Å². The van der Waals surface area contributed by atoms with Gasteiger partial charge < -0.3 is 14.7 Å². The fourth-order valence-corrected chi connectivity index (χ4v) is 5.07. The zero-order chi connectivity index (χ0) is 16.6. The minimum atomic E-state index is -0.450. The third-order valence-corrected chi connectivity index (χ3v) is 6.38. The first-order valence-corrected chi connectivity index (χ1v) is 9.73. The Hall–Kier alpha value is -1.08. The van der Waals surface area contributed by atoms with E-state index in [4.69, 9.17) is 4.74 Å². The molecule has 0 bridgehead atoms. The highest BCUT2D eigenvalue weighted by Crippen LogP contribution is 2.36. The molecular formula is C18H24N2O3S. The van der Waals surface area contributed by atoms with Gasteiger partial charge in [-0.05, 0) is 31.4 Å². The van der Waals surface area contributed by atoms with Gasteiger partial charge in [0.2, 0.25) is 5.91 Å². The van der Waals surface area contributed by atoms with Gasteiger partial charge in [0.25, 0.3) is 0 Å². The van der Waals surface area contributed by atoms with E-state index in [1.54, 1.807) is 0 Å². The van der Waals surface area contributed by atoms with Gasteiger partial charge in [0.05, 0.1) is 18.3 Å². The van der Waals surface area contributed by atoms with Crippen LogP contribution in [0.2, 0.25) is 0 Å². The Kier molecular flexibility index (Phi) is 4.56. The smallest absolute Gasteiger partial charge is 0.241 e. The van der Waals surface area contributed by atoms with Gasteiger partial charge in [-0.2, -0.15) is 0 Å². The maximum atomic E-state index is 12.9. The molecule has 1 aromatic carbocycles. The lowest BCUT2D eigenvalue weighted by molar-refractivity contribution is -0.138. The van der Waals surface area contributed by atoms with Gasteiger partial charge in [0, 0.05) is 36.9 Å². The molecule has 4 rings (SSSR count). The summed E-state index contributed by atoms with van der Waals surface area (Å²) in [5.41, 5.74) is 0.580. The number of nitrogens with zero attached hydrogens (tertiary/aromatic N) is 2. The van der Waals surface area contributed by atoms with Crippen molar-refractivity contribution >= 4 is 23.4 Å². The quantitative estimate of drug-likeness (QED) is 0.882. The third kappa shape index (κ3) is 2.96. The van der Waals surface area contributed by atoms with Gasteiger partial charge in [0.15, 0.2) is 0 Å². The van der Waals surface area contributed by atoms with Crippen LogP contribution in [0.15, 0.2) is 29.2 Å². The van der Waals surface area contributed by atoms with E-state index >= 15 is 0 Å². The number of hydrogen-bond donors (Lipinski definition) is 1. The molecular weight excluding hydrogens is 324 g/mol. The van der Waals surface area contributed by atoms with Crippen LogP contribution in [0.1, 0.15) is 19.3 Å². The standard InChI is InChI=1S/C18H24N2O3S/c21-16-6-8-19(13-18(16)7-3-10-23-18)12-17(22)20-9-11-24-15-5-2-1-4-14(15)20/h1-2,4-5,16,21H,3,6-13H2/t16-,18-/m0/s1. The van der Waals surface area contributed by atoms with Crippen LogP contribution >= 0.6 is 11.8 Å². The number of aliphatic hydroxyl groups excluding tert-OH is 1. The van der Waals surface area contributed by atoms with Crippen molar-refractivity contribution in [3.05, 3.63) is 24.3 Å². The number of rotatable bonds is 2. The second-order valence-electron chi connectivity index (χ2n) is 6.89. The summed E-state index contributed by atoms with van der Waals surface area (Å²) in [7, 11) is 0. The Morgan fingerprint density at radius 1 is 1.38 bits per heavy atom. The van der Waals surface area contributed by atoms with Crippen LogP contribution < -0.4 is 4.90 Å². The maximum Gasteiger partial charge on any atom is 0.241 e. The molecule has 2 saturated heterocycles. The van der Waals surface area contributed by atoms with Gasteiger partial charge in [0.1, 0.15) is 5.60 Å². The normalized spacial score (nSPS) is 30.5. The summed E-state index contributed by atoms with van der Waals surface area (Å²) in [5, 5.41) is 10.3. The number of thioether (sulfide) groups is 1. The molecule has 0 unspecified atom stereocenters. The molecule has 2 fully saturated rings. The highest BCUT2D eigenvalue weighted by atomic mass is 32.2. The Morgan fingerprint density at radius 3 is 3.08 bits per heavy atom. The molecule has 1 spiro atoms. The maximum absolute atomic E-state index is 12.9. The summed E-state index contributed by atoms with van der Waals surface area (Å²) >= 11 is 1.81. The molecule has 3 aliphatic rings. The van der Waals surface area contributed by atoms with Gasteiger partial charge >= 0.3 is 0 Å². The lowest BCUT2D eigenvalue weighted by Gasteiger charge is -2.43. The minimum Gasteiger partial charge on any atom is -0.390 e. The van der Waals surface area contributed by atoms with E-state index in [1.807, 2.05) is 34.9 Å². The number of hydrogen-bond acceptors (Lipinski definition) is 5. The number of benzene rings is 1. The number of carbonyl (C=O) groups excluding carboxylic acids is 1. The molecule has 0 radical (unpaired) electrons. The summed E-state index contributed by atoms with van der Waals surface area (Å²) < 4.78 is 5.89. The second-order valence-corrected chi connectivity index (χ2v) is 8.03. The predicted octanol–water partition coefficient (Wildman–Crippen LogP) is 1.74. The molecule has 0 aromatic heterocycles. The molecule has 130 valence electrons. The SMILES string of the molecule is O=C(CN1CC[C@H](O)[C@]2(CCCO2)C1)N1CCSc2ccccc21. The summed E-state index contributed by atoms with van der Waals surface area (Å²) in [5.74, 6) is 1.08. The zero-order valence-electron chi connectivity index (χ0n) is 13.8. The number of piperidine rings is 1. The number of fused-ring (bicyclic) bond motifs is 1. The number of likely N-dealkylation sites (tertiary alicyclic amines) is 1. The zero-order valence-corrected chi connectivity index (χ0v) is 14.6. The first-order chi connectivity index (χ1) is 11.7. The number of aliphatic hydroxyl groups is 1. The number of ether oxygens (including phenoxy) is 1. The Bertz CT molecular complexity index is 618. The Labute approximate surface area is 147 Å². The van der Waals surface area contributed by atoms with Crippen LogP contribution in [0.25, 0.3) is 0 Å². The molecule has 3 aliphatic heterocycles. The van der Waals surface area contributed by atoms with E-state index in [-0.39, 0.29) is 5.91 Å². The second kappa shape index (κ2) is 6.67. The molecule has 0 aliphatic carbocycles. The van der Waals surface area contributed by atoms with Crippen molar-refractivity contribution in [3.8, 4) is 0 Å². The lowest BCUT2D eigenvalue weighted by Crippen LogP contribution is -2.58. The number of carbonyl (C=O) groups is 1. The van der Waals surface area contributed by atoms with Crippen LogP contribution in [0, 0.1) is 0 Å². The van der Waals surface area contributed by atoms with Crippen molar-refractivity contribution in [3.63, 3.8) is 0 Å². The largest absolute Gasteiger partial charge is 0.390 e. The van der Waals surface area contributed by atoms with Crippen molar-refractivity contribution in [1.82, 2.24) is 4.90 Å². The van der Waals surface area contributed by atoms with Crippen LogP contribution in [0.5, 0.6) is 0 Å². The molecule has 0 saturated carbocycles. The van der Waals surface area contributed by atoms with Crippen molar-refractivity contribution in [2.45, 2.75) is 35.9 Å². The number of anilines is 1. The Balaban J connectivity index is 1.45. The van der Waals surface area contributed by atoms with Crippen LogP contribution in [-0.4, -0.2) is 66.2 Å². The van der Waals surface area contributed by atoms with E-state index < -0.39 is 11.7 Å². The highest BCUT2D eigenvalue weighted by Gasteiger charge is 2.46. The summed E-state index contributed by atoms with van der Waals surface area (Å²) in [6.45, 7) is 3.29. The molecule has 1 aromatic rings. The summed E-state index contributed by atoms with van der Waals surface area (Å²) in [4.78, 5) is 18.1. The molecule has 2 atom stereocenters. The fourth-order valence-electron chi connectivity index (χ4n) is 4.08. The highest BCUT2D eigenvalue weighted by molar-refractivity contribution is 7.99. The van der Waals surface area contributed by atoms with Gasteiger partial charge in [-0.25, -0.2) is 0 Å². The topological polar surface area (TPSA) is 53.0 Å². The van der Waals surface area contributed by atoms with Crippen molar-refractivity contribution < 1.29 is 14.6 Å². The molecule has 6 heteroatoms. The Morgan fingerprint density at radius 2 is 2.25 bits per heavy atom. The molecule has 1 amide bonds. The minimum absolute atomic E-state index is 0.146. The van der Waals surface area contributed by atoms with E-state index in [9.17, 15) is 9.90 Å². The first kappa shape index (κ1) is 16.4. The summed E-state index contributed by atoms with van der Waals surface area (Å²) in [6.07, 6.45) is 2.16. The molecule has 24 heavy (non-hydrogen) atoms. The average Bonchev–Trinajstić information content (AvgIpc) is 3.07. The van der Waals surface area contributed by atoms with E-state index in [0.29, 0.717) is 19.5 Å². The molecule has 3 heterocycles. The lowest BCUT2D eigenvalue weighted by atomic mass is 9.87. The van der Waals surface area contributed by atoms with Crippen molar-refractivity contribution in [2.24, 2.45) is 0 Å². The van der Waals surface area contributed by atoms with E-state index in [1.165, 1.54) is 4.90 Å². The van der Waals surface area contributed by atoms with Crippen molar-refractivity contribution in [1.29, 1.82) is 0 Å². The van der Waals surface area contributed by atoms with E-state index in [2.05, 4.69) is 11.0 Å². The van der Waals surface area contributed by atoms with Gasteiger partial charge in [-0.1, -0.05) is 12.1 Å². The van der Waals surface area contributed by atoms with Crippen LogP contribution in [-0.2, 0) is 9.53 Å². The average molecular weight is 348 g/mol. The number of amides is 1. The molecule has 5 nitrogen and oxygen atoms in total.